The maximum Gasteiger partial charge on any atom is 0.176 e. The van der Waals surface area contributed by atoms with Crippen molar-refractivity contribution in [2.45, 2.75) is 6.04 Å². The molecule has 1 aromatic heterocycles. The standard InChI is InChI=1S/C22H18ClF2NO2S2/c1-30(27,28)22(15-9-18(24)11-19(25)10-15)16-12-26(13-16)21(20-3-2-8-29-20)14-4-6-17(23)7-5-14/h2-11,21H,12-13H2,1H3. The number of thiophene rings is 1. The molecule has 1 aliphatic heterocycles. The smallest absolute Gasteiger partial charge is 0.176 e. The molecule has 0 amide bonds. The molecule has 0 spiro atoms. The van der Waals surface area contributed by atoms with Crippen molar-refractivity contribution in [2.24, 2.45) is 0 Å². The van der Waals surface area contributed by atoms with Crippen molar-refractivity contribution in [1.82, 2.24) is 4.90 Å². The Morgan fingerprint density at radius 2 is 1.70 bits per heavy atom. The maximum absolute atomic E-state index is 13.7. The van der Waals surface area contributed by atoms with Gasteiger partial charge in [0.05, 0.1) is 10.9 Å². The lowest BCUT2D eigenvalue weighted by molar-refractivity contribution is 0.205. The van der Waals surface area contributed by atoms with Crippen molar-refractivity contribution in [3.63, 3.8) is 0 Å². The summed E-state index contributed by atoms with van der Waals surface area (Å²) in [5.41, 5.74) is 1.72. The molecule has 1 unspecified atom stereocenters. The van der Waals surface area contributed by atoms with Gasteiger partial charge in [0, 0.05) is 35.3 Å². The molecule has 4 rings (SSSR count). The summed E-state index contributed by atoms with van der Waals surface area (Å²) in [4.78, 5) is 3.25. The van der Waals surface area contributed by atoms with Gasteiger partial charge in [-0.15, -0.1) is 11.3 Å². The van der Waals surface area contributed by atoms with Gasteiger partial charge in [0.25, 0.3) is 0 Å². The van der Waals surface area contributed by atoms with Gasteiger partial charge in [-0.2, -0.15) is 0 Å². The van der Waals surface area contributed by atoms with Crippen LogP contribution in [0.5, 0.6) is 0 Å². The number of hydrogen-bond donors (Lipinski definition) is 0. The highest BCUT2D eigenvalue weighted by atomic mass is 35.5. The maximum atomic E-state index is 13.7. The molecule has 0 radical (unpaired) electrons. The fraction of sp³-hybridized carbons (Fsp3) is 0.182. The van der Waals surface area contributed by atoms with Gasteiger partial charge in [-0.25, -0.2) is 17.2 Å². The van der Waals surface area contributed by atoms with Crippen LogP contribution in [0, 0.1) is 11.6 Å². The Hall–Kier alpha value is -2.06. The van der Waals surface area contributed by atoms with Gasteiger partial charge in [0.1, 0.15) is 11.6 Å². The molecule has 2 heterocycles. The van der Waals surface area contributed by atoms with E-state index in [0.717, 1.165) is 34.9 Å². The molecule has 0 N–H and O–H groups in total. The number of likely N-dealkylation sites (tertiary alicyclic amines) is 1. The van der Waals surface area contributed by atoms with E-state index in [2.05, 4.69) is 4.90 Å². The van der Waals surface area contributed by atoms with Crippen molar-refractivity contribution in [3.8, 4) is 0 Å². The van der Waals surface area contributed by atoms with Crippen LogP contribution in [0.4, 0.5) is 8.78 Å². The lowest BCUT2D eigenvalue weighted by atomic mass is 9.96. The molecule has 30 heavy (non-hydrogen) atoms. The summed E-state index contributed by atoms with van der Waals surface area (Å²) in [6.07, 6.45) is 1.07. The first kappa shape index (κ1) is 21.2. The van der Waals surface area contributed by atoms with Crippen molar-refractivity contribution >= 4 is 37.7 Å². The minimum Gasteiger partial charge on any atom is -0.284 e. The van der Waals surface area contributed by atoms with Gasteiger partial charge in [-0.05, 0) is 52.4 Å². The van der Waals surface area contributed by atoms with E-state index in [-0.39, 0.29) is 16.5 Å². The zero-order valence-electron chi connectivity index (χ0n) is 16.0. The van der Waals surface area contributed by atoms with Crippen LogP contribution < -0.4 is 0 Å². The van der Waals surface area contributed by atoms with Crippen LogP contribution in [0.25, 0.3) is 4.91 Å². The first-order valence-corrected chi connectivity index (χ1v) is 12.3. The molecule has 1 saturated heterocycles. The minimum absolute atomic E-state index is 0.00168. The molecular weight excluding hydrogens is 448 g/mol. The van der Waals surface area contributed by atoms with Gasteiger partial charge >= 0.3 is 0 Å². The molecule has 1 fully saturated rings. The second kappa shape index (κ2) is 8.23. The molecule has 1 aliphatic rings. The van der Waals surface area contributed by atoms with E-state index in [1.807, 2.05) is 41.8 Å². The third-order valence-corrected chi connectivity index (χ3v) is 7.41. The van der Waals surface area contributed by atoms with E-state index in [1.165, 1.54) is 0 Å². The van der Waals surface area contributed by atoms with E-state index >= 15 is 0 Å². The lowest BCUT2D eigenvalue weighted by Gasteiger charge is -2.41. The Morgan fingerprint density at radius 3 is 2.23 bits per heavy atom. The first-order valence-electron chi connectivity index (χ1n) is 9.14. The van der Waals surface area contributed by atoms with Crippen LogP contribution in [0.3, 0.4) is 0 Å². The summed E-state index contributed by atoms with van der Waals surface area (Å²) < 4.78 is 52.4. The van der Waals surface area contributed by atoms with Crippen molar-refractivity contribution in [1.29, 1.82) is 0 Å². The molecule has 0 bridgehead atoms. The quantitative estimate of drug-likeness (QED) is 0.496. The zero-order valence-corrected chi connectivity index (χ0v) is 18.4. The molecule has 156 valence electrons. The highest BCUT2D eigenvalue weighted by Crippen LogP contribution is 2.39. The second-order valence-electron chi connectivity index (χ2n) is 7.24. The van der Waals surface area contributed by atoms with Crippen LogP contribution in [-0.4, -0.2) is 32.7 Å². The van der Waals surface area contributed by atoms with E-state index in [4.69, 9.17) is 11.6 Å². The first-order chi connectivity index (χ1) is 14.2. The highest BCUT2D eigenvalue weighted by Gasteiger charge is 2.35. The number of hydrogen-bond acceptors (Lipinski definition) is 4. The average molecular weight is 466 g/mol. The van der Waals surface area contributed by atoms with E-state index < -0.39 is 21.5 Å². The van der Waals surface area contributed by atoms with Crippen LogP contribution >= 0.6 is 22.9 Å². The lowest BCUT2D eigenvalue weighted by Crippen LogP contribution is -2.44. The van der Waals surface area contributed by atoms with Crippen molar-refractivity contribution in [3.05, 3.63) is 98.2 Å². The zero-order chi connectivity index (χ0) is 21.5. The average Bonchev–Trinajstić information content (AvgIpc) is 3.13. The Balaban J connectivity index is 1.71. The Morgan fingerprint density at radius 1 is 1.07 bits per heavy atom. The summed E-state index contributed by atoms with van der Waals surface area (Å²) in [7, 11) is -3.68. The second-order valence-corrected chi connectivity index (χ2v) is 10.6. The molecule has 8 heteroatoms. The molecular formula is C22H18ClF2NO2S2. The largest absolute Gasteiger partial charge is 0.284 e. The molecule has 2 aromatic carbocycles. The van der Waals surface area contributed by atoms with Crippen LogP contribution in [0.2, 0.25) is 5.02 Å². The van der Waals surface area contributed by atoms with Crippen molar-refractivity contribution in [2.75, 3.05) is 19.3 Å². The van der Waals surface area contributed by atoms with Crippen LogP contribution in [0.15, 0.2) is 65.6 Å². The predicted molar refractivity (Wildman–Crippen MR) is 117 cm³/mol. The summed E-state index contributed by atoms with van der Waals surface area (Å²) in [6.45, 7) is 0.761. The Bertz CT molecular complexity index is 1180. The van der Waals surface area contributed by atoms with E-state index in [9.17, 15) is 17.2 Å². The van der Waals surface area contributed by atoms with Gasteiger partial charge in [-0.3, -0.25) is 4.90 Å². The molecule has 0 aliphatic carbocycles. The van der Waals surface area contributed by atoms with Gasteiger partial charge in [0.2, 0.25) is 0 Å². The van der Waals surface area contributed by atoms with Gasteiger partial charge in [0.15, 0.2) is 9.84 Å². The third-order valence-electron chi connectivity index (χ3n) is 4.97. The van der Waals surface area contributed by atoms with Gasteiger partial charge in [-0.1, -0.05) is 29.8 Å². The molecule has 1 atom stereocenters. The van der Waals surface area contributed by atoms with Crippen LogP contribution in [-0.2, 0) is 9.84 Å². The molecule has 3 nitrogen and oxygen atoms in total. The molecule has 3 aromatic rings. The predicted octanol–water partition coefficient (Wildman–Crippen LogP) is 5.54. The SMILES string of the molecule is CS(=O)(=O)C(=C1CN(C(c2ccc(Cl)cc2)c2cccs2)C1)c1cc(F)cc(F)c1. The number of nitrogens with zero attached hydrogens (tertiary/aromatic N) is 1. The minimum atomic E-state index is -3.68. The topological polar surface area (TPSA) is 37.4 Å². The summed E-state index contributed by atoms with van der Waals surface area (Å²) >= 11 is 7.65. The summed E-state index contributed by atoms with van der Waals surface area (Å²) in [5, 5.41) is 2.63. The van der Waals surface area contributed by atoms with Crippen LogP contribution in [0.1, 0.15) is 22.0 Å². The monoisotopic (exact) mass is 465 g/mol. The Kier molecular flexibility index (Phi) is 5.81. The van der Waals surface area contributed by atoms with Gasteiger partial charge < -0.3 is 0 Å². The number of sulfone groups is 1. The fourth-order valence-electron chi connectivity index (χ4n) is 3.78. The Labute approximate surface area is 183 Å². The highest BCUT2D eigenvalue weighted by molar-refractivity contribution is 8.00. The molecule has 0 saturated carbocycles. The normalized spacial score (nSPS) is 15.7. The number of halogens is 3. The third kappa shape index (κ3) is 4.34. The van der Waals surface area contributed by atoms with Crippen molar-refractivity contribution < 1.29 is 17.2 Å². The number of benzene rings is 2. The van der Waals surface area contributed by atoms with E-state index in [0.29, 0.717) is 23.7 Å². The summed E-state index contributed by atoms with van der Waals surface area (Å²) in [6, 6.07) is 14.3. The van der Waals surface area contributed by atoms with E-state index in [1.54, 1.807) is 11.3 Å². The number of rotatable bonds is 5. The summed E-state index contributed by atoms with van der Waals surface area (Å²) in [5.74, 6) is -1.61. The fourth-order valence-corrected chi connectivity index (χ4v) is 5.99.